The van der Waals surface area contributed by atoms with Crippen molar-refractivity contribution < 1.29 is 4.79 Å². The van der Waals surface area contributed by atoms with E-state index < -0.39 is 0 Å². The maximum absolute atomic E-state index is 12.9. The molecule has 0 bridgehead atoms. The summed E-state index contributed by atoms with van der Waals surface area (Å²) in [5.74, 6) is 0.868. The molecule has 0 unspecified atom stereocenters. The van der Waals surface area contributed by atoms with Crippen molar-refractivity contribution in [1.82, 2.24) is 25.1 Å². The molecule has 5 rings (SSSR count). The van der Waals surface area contributed by atoms with E-state index in [1.54, 1.807) is 6.33 Å². The van der Waals surface area contributed by atoms with Crippen molar-refractivity contribution in [3.8, 4) is 5.69 Å². The van der Waals surface area contributed by atoms with Gasteiger partial charge in [-0.15, -0.1) is 5.10 Å². The largest absolute Gasteiger partial charge is 0.355 e. The van der Waals surface area contributed by atoms with E-state index in [0.29, 0.717) is 18.7 Å². The van der Waals surface area contributed by atoms with Crippen LogP contribution in [0.15, 0.2) is 61.1 Å². The minimum Gasteiger partial charge on any atom is -0.355 e. The van der Waals surface area contributed by atoms with Crippen LogP contribution >= 0.6 is 22.6 Å². The molecule has 2 aromatic heterocycles. The second-order valence-corrected chi connectivity index (χ2v) is 9.72. The van der Waals surface area contributed by atoms with Crippen LogP contribution in [0.1, 0.15) is 24.0 Å². The molecule has 33 heavy (non-hydrogen) atoms. The van der Waals surface area contributed by atoms with Crippen molar-refractivity contribution in [2.75, 3.05) is 18.0 Å². The van der Waals surface area contributed by atoms with Crippen LogP contribution in [-0.2, 0) is 11.3 Å². The van der Waals surface area contributed by atoms with Crippen LogP contribution in [0.25, 0.3) is 16.7 Å². The van der Waals surface area contributed by atoms with E-state index in [0.717, 1.165) is 41.8 Å². The van der Waals surface area contributed by atoms with E-state index in [-0.39, 0.29) is 11.8 Å². The van der Waals surface area contributed by atoms with Crippen molar-refractivity contribution in [2.45, 2.75) is 26.3 Å². The lowest BCUT2D eigenvalue weighted by molar-refractivity contribution is -0.125. The Morgan fingerprint density at radius 1 is 1.12 bits per heavy atom. The summed E-state index contributed by atoms with van der Waals surface area (Å²) in [7, 11) is 0. The molecule has 1 amide bonds. The van der Waals surface area contributed by atoms with Crippen LogP contribution in [0.5, 0.6) is 0 Å². The number of carbonyl (C=O) groups excluding carboxylic acids is 1. The molecular weight excluding hydrogens is 527 g/mol. The van der Waals surface area contributed by atoms with Gasteiger partial charge in [0.25, 0.3) is 0 Å². The molecule has 0 saturated carbocycles. The Morgan fingerprint density at radius 3 is 2.70 bits per heavy atom. The Morgan fingerprint density at radius 2 is 1.91 bits per heavy atom. The monoisotopic (exact) mass is 552 g/mol. The van der Waals surface area contributed by atoms with Crippen molar-refractivity contribution in [2.24, 2.45) is 5.92 Å². The van der Waals surface area contributed by atoms with Gasteiger partial charge in [-0.25, -0.2) is 14.6 Å². The first-order chi connectivity index (χ1) is 16.1. The first-order valence-electron chi connectivity index (χ1n) is 11.1. The van der Waals surface area contributed by atoms with Gasteiger partial charge in [-0.05, 0) is 72.2 Å². The number of rotatable bonds is 5. The Labute approximate surface area is 206 Å². The molecule has 1 N–H and O–H groups in total. The summed E-state index contributed by atoms with van der Waals surface area (Å²) in [5.41, 5.74) is 3.95. The summed E-state index contributed by atoms with van der Waals surface area (Å²) in [5, 5.41) is 8.66. The molecule has 1 aliphatic heterocycles. The average molecular weight is 552 g/mol. The van der Waals surface area contributed by atoms with Crippen molar-refractivity contribution in [3.63, 3.8) is 0 Å². The number of halogens is 1. The molecule has 1 atom stereocenters. The van der Waals surface area contributed by atoms with Gasteiger partial charge in [0.15, 0.2) is 5.65 Å². The maximum Gasteiger partial charge on any atom is 0.225 e. The third kappa shape index (κ3) is 4.85. The van der Waals surface area contributed by atoms with Gasteiger partial charge >= 0.3 is 0 Å². The normalized spacial score (nSPS) is 16.2. The van der Waals surface area contributed by atoms with Gasteiger partial charge in [0, 0.05) is 29.4 Å². The van der Waals surface area contributed by atoms with Gasteiger partial charge in [-0.3, -0.25) is 4.79 Å². The van der Waals surface area contributed by atoms with E-state index in [9.17, 15) is 4.79 Å². The fourth-order valence-corrected chi connectivity index (χ4v) is 4.59. The zero-order chi connectivity index (χ0) is 22.8. The number of hydrogen-bond acceptors (Lipinski definition) is 5. The molecular formula is C25H25IN6O. The predicted octanol–water partition coefficient (Wildman–Crippen LogP) is 4.26. The fraction of sp³-hybridized carbons (Fsp3) is 0.280. The number of aryl methyl sites for hydroxylation is 1. The number of benzene rings is 2. The number of hydrogen-bond donors (Lipinski definition) is 1. The number of nitrogens with zero attached hydrogens (tertiary/aromatic N) is 5. The highest BCUT2D eigenvalue weighted by Gasteiger charge is 2.28. The predicted molar refractivity (Wildman–Crippen MR) is 137 cm³/mol. The highest BCUT2D eigenvalue weighted by Crippen LogP contribution is 2.28. The molecule has 0 spiro atoms. The van der Waals surface area contributed by atoms with E-state index in [1.807, 2.05) is 23.0 Å². The summed E-state index contributed by atoms with van der Waals surface area (Å²) in [6.07, 6.45) is 5.37. The second-order valence-electron chi connectivity index (χ2n) is 8.47. The lowest BCUT2D eigenvalue weighted by Gasteiger charge is -2.33. The Balaban J connectivity index is 1.32. The third-order valence-corrected chi connectivity index (χ3v) is 6.79. The van der Waals surface area contributed by atoms with Crippen molar-refractivity contribution in [1.29, 1.82) is 0 Å². The number of carbonyl (C=O) groups is 1. The quantitative estimate of drug-likeness (QED) is 0.375. The van der Waals surface area contributed by atoms with Gasteiger partial charge in [-0.2, -0.15) is 0 Å². The zero-order valence-electron chi connectivity index (χ0n) is 18.4. The van der Waals surface area contributed by atoms with Gasteiger partial charge in [0.05, 0.1) is 17.0 Å². The highest BCUT2D eigenvalue weighted by atomic mass is 127. The summed E-state index contributed by atoms with van der Waals surface area (Å²) in [4.78, 5) is 24.1. The smallest absolute Gasteiger partial charge is 0.225 e. The van der Waals surface area contributed by atoms with Crippen LogP contribution < -0.4 is 10.2 Å². The summed E-state index contributed by atoms with van der Waals surface area (Å²) in [6.45, 7) is 4.12. The zero-order valence-corrected chi connectivity index (χ0v) is 20.6. The van der Waals surface area contributed by atoms with Crippen LogP contribution in [0, 0.1) is 16.4 Å². The fourth-order valence-electron chi connectivity index (χ4n) is 4.23. The minimum absolute atomic E-state index is 0.0697. The van der Waals surface area contributed by atoms with E-state index in [4.69, 9.17) is 0 Å². The summed E-state index contributed by atoms with van der Waals surface area (Å²) < 4.78 is 3.03. The molecule has 1 fully saturated rings. The minimum atomic E-state index is -0.0697. The Hall–Kier alpha value is -3.01. The van der Waals surface area contributed by atoms with Crippen LogP contribution in [0.2, 0.25) is 0 Å². The standard InChI is InChI=1S/C25H25IN6O/c1-17-4-10-21(11-5-17)32-15-22-23(30-32)28-16-29-24(22)31-12-2-3-19(14-31)25(33)27-13-18-6-8-20(26)9-7-18/h4-11,15-16,19H,2-3,12-14H2,1H3,(H,27,33)/t19-/m0/s1. The van der Waals surface area contributed by atoms with E-state index in [2.05, 4.69) is 91.2 Å². The lowest BCUT2D eigenvalue weighted by atomic mass is 9.97. The number of amides is 1. The van der Waals surface area contributed by atoms with Gasteiger partial charge in [0.2, 0.25) is 5.91 Å². The highest BCUT2D eigenvalue weighted by molar-refractivity contribution is 14.1. The topological polar surface area (TPSA) is 75.9 Å². The molecule has 2 aromatic carbocycles. The molecule has 8 heteroatoms. The van der Waals surface area contributed by atoms with Crippen LogP contribution in [0.4, 0.5) is 5.82 Å². The lowest BCUT2D eigenvalue weighted by Crippen LogP contribution is -2.43. The number of aromatic nitrogens is 4. The molecule has 3 heterocycles. The number of anilines is 1. The molecule has 0 radical (unpaired) electrons. The first-order valence-corrected chi connectivity index (χ1v) is 12.2. The van der Waals surface area contributed by atoms with Crippen LogP contribution in [-0.4, -0.2) is 38.7 Å². The first kappa shape index (κ1) is 21.8. The van der Waals surface area contributed by atoms with Gasteiger partial charge in [-0.1, -0.05) is 29.8 Å². The van der Waals surface area contributed by atoms with E-state index in [1.165, 1.54) is 9.13 Å². The van der Waals surface area contributed by atoms with Crippen molar-refractivity contribution >= 4 is 45.3 Å². The Bertz CT molecular complexity index is 1270. The SMILES string of the molecule is Cc1ccc(-n2cc3c(N4CCC[C@H](C(=O)NCc5ccc(I)cc5)C4)ncnc3n2)cc1. The third-order valence-electron chi connectivity index (χ3n) is 6.07. The second kappa shape index (κ2) is 9.46. The summed E-state index contributed by atoms with van der Waals surface area (Å²) in [6, 6.07) is 16.4. The molecule has 1 saturated heterocycles. The summed E-state index contributed by atoms with van der Waals surface area (Å²) >= 11 is 2.28. The van der Waals surface area contributed by atoms with Crippen molar-refractivity contribution in [3.05, 3.63) is 75.8 Å². The molecule has 0 aliphatic carbocycles. The Kier molecular flexibility index (Phi) is 6.26. The number of fused-ring (bicyclic) bond motifs is 1. The maximum atomic E-state index is 12.9. The van der Waals surface area contributed by atoms with Gasteiger partial charge in [0.1, 0.15) is 12.1 Å². The van der Waals surface area contributed by atoms with E-state index >= 15 is 0 Å². The molecule has 4 aromatic rings. The molecule has 168 valence electrons. The number of piperidine rings is 1. The van der Waals surface area contributed by atoms with Crippen LogP contribution in [0.3, 0.4) is 0 Å². The molecule has 7 nitrogen and oxygen atoms in total. The average Bonchev–Trinajstić information content (AvgIpc) is 3.28. The number of nitrogens with one attached hydrogen (secondary N) is 1. The van der Waals surface area contributed by atoms with Gasteiger partial charge < -0.3 is 10.2 Å². The molecule has 1 aliphatic rings.